The first-order chi connectivity index (χ1) is 11.6. The van der Waals surface area contributed by atoms with Gasteiger partial charge in [-0.25, -0.2) is 4.57 Å². The average Bonchev–Trinajstić information content (AvgIpc) is 2.92. The molecule has 0 aliphatic carbocycles. The standard InChI is InChI=1S/C21H17N2S/c1-13-7-8-16-17-10-14(2)15(12-22)11-19(17)24-21(16)20(13)18-6-4-5-9-23(18)3/h4-11H,1-3H3/q+1. The van der Waals surface area contributed by atoms with E-state index in [0.29, 0.717) is 0 Å². The van der Waals surface area contributed by atoms with Crippen molar-refractivity contribution in [3.05, 3.63) is 65.4 Å². The third kappa shape index (κ3) is 2.11. The van der Waals surface area contributed by atoms with Crippen molar-refractivity contribution in [2.24, 2.45) is 7.05 Å². The normalized spacial score (nSPS) is 11.1. The van der Waals surface area contributed by atoms with Crippen LogP contribution >= 0.6 is 11.3 Å². The molecule has 0 unspecified atom stereocenters. The van der Waals surface area contributed by atoms with Crippen LogP contribution in [0.5, 0.6) is 0 Å². The van der Waals surface area contributed by atoms with Gasteiger partial charge in [0.25, 0.3) is 0 Å². The summed E-state index contributed by atoms with van der Waals surface area (Å²) in [6.07, 6.45) is 2.08. The lowest BCUT2D eigenvalue weighted by atomic mass is 9.99. The maximum Gasteiger partial charge on any atom is 0.213 e. The monoisotopic (exact) mass is 329 g/mol. The van der Waals surface area contributed by atoms with E-state index in [2.05, 4.69) is 61.1 Å². The minimum Gasteiger partial charge on any atom is -0.201 e. The van der Waals surface area contributed by atoms with Gasteiger partial charge in [-0.2, -0.15) is 5.26 Å². The molecule has 2 nitrogen and oxygen atoms in total. The zero-order chi connectivity index (χ0) is 16.8. The van der Waals surface area contributed by atoms with Crippen molar-refractivity contribution in [3.63, 3.8) is 0 Å². The number of benzene rings is 2. The first kappa shape index (κ1) is 14.9. The summed E-state index contributed by atoms with van der Waals surface area (Å²) in [4.78, 5) is 0. The van der Waals surface area contributed by atoms with Crippen molar-refractivity contribution in [2.75, 3.05) is 0 Å². The largest absolute Gasteiger partial charge is 0.213 e. The van der Waals surface area contributed by atoms with Crippen LogP contribution < -0.4 is 4.57 Å². The number of aromatic nitrogens is 1. The van der Waals surface area contributed by atoms with Gasteiger partial charge >= 0.3 is 0 Å². The summed E-state index contributed by atoms with van der Waals surface area (Å²) in [7, 11) is 2.08. The van der Waals surface area contributed by atoms with Gasteiger partial charge in [0.05, 0.1) is 17.2 Å². The van der Waals surface area contributed by atoms with Gasteiger partial charge in [-0.15, -0.1) is 11.3 Å². The number of nitriles is 1. The molecule has 2 aromatic carbocycles. The number of aryl methyl sites for hydroxylation is 3. The lowest BCUT2D eigenvalue weighted by molar-refractivity contribution is -0.660. The molecule has 0 saturated carbocycles. The molecule has 0 saturated heterocycles. The van der Waals surface area contributed by atoms with Crippen LogP contribution in [0.3, 0.4) is 0 Å². The van der Waals surface area contributed by atoms with E-state index in [4.69, 9.17) is 0 Å². The average molecular weight is 329 g/mol. The molecule has 0 amide bonds. The molecule has 0 fully saturated rings. The fourth-order valence-electron chi connectivity index (χ4n) is 3.31. The molecule has 24 heavy (non-hydrogen) atoms. The van der Waals surface area contributed by atoms with Crippen molar-refractivity contribution < 1.29 is 4.57 Å². The molecule has 3 heteroatoms. The Morgan fingerprint density at radius 2 is 1.83 bits per heavy atom. The van der Waals surface area contributed by atoms with Gasteiger partial charge in [0, 0.05) is 32.3 Å². The highest BCUT2D eigenvalue weighted by atomic mass is 32.1. The highest BCUT2D eigenvalue weighted by Crippen LogP contribution is 2.41. The van der Waals surface area contributed by atoms with E-state index in [1.54, 1.807) is 11.3 Å². The lowest BCUT2D eigenvalue weighted by Gasteiger charge is -2.06. The van der Waals surface area contributed by atoms with E-state index in [1.807, 2.05) is 19.1 Å². The summed E-state index contributed by atoms with van der Waals surface area (Å²) in [5.74, 6) is 0. The number of thiophene rings is 1. The molecule has 2 aromatic heterocycles. The Morgan fingerprint density at radius 1 is 1.00 bits per heavy atom. The Morgan fingerprint density at radius 3 is 2.58 bits per heavy atom. The van der Waals surface area contributed by atoms with E-state index >= 15 is 0 Å². The van der Waals surface area contributed by atoms with Crippen molar-refractivity contribution in [3.8, 4) is 17.3 Å². The maximum atomic E-state index is 9.32. The first-order valence-corrected chi connectivity index (χ1v) is 8.73. The molecule has 0 radical (unpaired) electrons. The van der Waals surface area contributed by atoms with Crippen molar-refractivity contribution >= 4 is 31.5 Å². The quantitative estimate of drug-likeness (QED) is 0.450. The molecular formula is C21H17N2S+. The second-order valence-corrected chi connectivity index (χ2v) is 7.26. The van der Waals surface area contributed by atoms with E-state index in [-0.39, 0.29) is 0 Å². The van der Waals surface area contributed by atoms with Crippen LogP contribution in [0.2, 0.25) is 0 Å². The highest BCUT2D eigenvalue weighted by molar-refractivity contribution is 7.26. The molecular weight excluding hydrogens is 312 g/mol. The lowest BCUT2D eigenvalue weighted by Crippen LogP contribution is -2.30. The van der Waals surface area contributed by atoms with Gasteiger partial charge in [0.15, 0.2) is 6.20 Å². The molecule has 0 bridgehead atoms. The van der Waals surface area contributed by atoms with E-state index in [1.165, 1.54) is 37.0 Å². The Balaban J connectivity index is 2.15. The molecule has 0 spiro atoms. The Kier molecular flexibility index (Phi) is 3.37. The number of pyridine rings is 1. The fourth-order valence-corrected chi connectivity index (χ4v) is 4.65. The summed E-state index contributed by atoms with van der Waals surface area (Å²) < 4.78 is 4.64. The van der Waals surface area contributed by atoms with Gasteiger partial charge < -0.3 is 0 Å². The van der Waals surface area contributed by atoms with Crippen molar-refractivity contribution in [1.82, 2.24) is 0 Å². The van der Waals surface area contributed by atoms with E-state index in [9.17, 15) is 5.26 Å². The molecule has 0 atom stereocenters. The topological polar surface area (TPSA) is 27.7 Å². The molecule has 2 heterocycles. The summed E-state index contributed by atoms with van der Waals surface area (Å²) in [6, 6.07) is 17.2. The van der Waals surface area contributed by atoms with Crippen LogP contribution in [-0.4, -0.2) is 0 Å². The van der Waals surface area contributed by atoms with Gasteiger partial charge in [-0.05, 0) is 43.2 Å². The highest BCUT2D eigenvalue weighted by Gasteiger charge is 2.18. The second-order valence-electron chi connectivity index (χ2n) is 6.21. The number of fused-ring (bicyclic) bond motifs is 3. The third-order valence-corrected chi connectivity index (χ3v) is 5.81. The SMILES string of the molecule is Cc1cc2c(cc1C#N)sc1c(-c3cccc[n+]3C)c(C)ccc12. The summed E-state index contributed by atoms with van der Waals surface area (Å²) in [5.41, 5.74) is 5.57. The minimum atomic E-state index is 0.762. The van der Waals surface area contributed by atoms with E-state index in [0.717, 1.165) is 11.1 Å². The van der Waals surface area contributed by atoms with Gasteiger partial charge in [-0.1, -0.05) is 12.1 Å². The predicted octanol–water partition coefficient (Wildman–Crippen LogP) is 5.03. The number of nitrogens with zero attached hydrogens (tertiary/aromatic N) is 2. The van der Waals surface area contributed by atoms with Gasteiger partial charge in [0.1, 0.15) is 7.05 Å². The summed E-state index contributed by atoms with van der Waals surface area (Å²) >= 11 is 1.78. The molecule has 0 aliphatic rings. The molecule has 0 aliphatic heterocycles. The maximum absolute atomic E-state index is 9.32. The molecule has 4 rings (SSSR count). The van der Waals surface area contributed by atoms with Crippen LogP contribution in [0.4, 0.5) is 0 Å². The van der Waals surface area contributed by atoms with E-state index < -0.39 is 0 Å². The van der Waals surface area contributed by atoms with Crippen LogP contribution in [0, 0.1) is 25.2 Å². The Bertz CT molecular complexity index is 1150. The first-order valence-electron chi connectivity index (χ1n) is 7.91. The van der Waals surface area contributed by atoms with Crippen LogP contribution in [0.25, 0.3) is 31.4 Å². The van der Waals surface area contributed by atoms with Crippen molar-refractivity contribution in [2.45, 2.75) is 13.8 Å². The number of hydrogen-bond acceptors (Lipinski definition) is 2. The summed E-state index contributed by atoms with van der Waals surface area (Å²) in [5, 5.41) is 11.8. The molecule has 4 aromatic rings. The number of rotatable bonds is 1. The smallest absolute Gasteiger partial charge is 0.201 e. The fraction of sp³-hybridized carbons (Fsp3) is 0.143. The van der Waals surface area contributed by atoms with Gasteiger partial charge in [-0.3, -0.25) is 0 Å². The second kappa shape index (κ2) is 5.43. The zero-order valence-corrected chi connectivity index (χ0v) is 14.7. The Labute approximate surface area is 145 Å². The summed E-state index contributed by atoms with van der Waals surface area (Å²) in [6.45, 7) is 4.17. The number of hydrogen-bond donors (Lipinski definition) is 0. The minimum absolute atomic E-state index is 0.762. The zero-order valence-electron chi connectivity index (χ0n) is 13.9. The van der Waals surface area contributed by atoms with Crippen LogP contribution in [0.1, 0.15) is 16.7 Å². The van der Waals surface area contributed by atoms with Gasteiger partial charge in [0.2, 0.25) is 5.69 Å². The van der Waals surface area contributed by atoms with Crippen LogP contribution in [-0.2, 0) is 7.05 Å². The Hall–Kier alpha value is -2.70. The van der Waals surface area contributed by atoms with Crippen molar-refractivity contribution in [1.29, 1.82) is 5.26 Å². The molecule has 0 N–H and O–H groups in total. The molecule has 116 valence electrons. The van der Waals surface area contributed by atoms with Crippen LogP contribution in [0.15, 0.2) is 48.7 Å². The third-order valence-electron chi connectivity index (χ3n) is 4.63. The predicted molar refractivity (Wildman–Crippen MR) is 100 cm³/mol.